The van der Waals surface area contributed by atoms with Gasteiger partial charge in [0.05, 0.1) is 5.69 Å². The van der Waals surface area contributed by atoms with E-state index in [0.29, 0.717) is 18.0 Å². The van der Waals surface area contributed by atoms with Crippen molar-refractivity contribution in [3.8, 4) is 5.75 Å². The molecule has 0 aromatic heterocycles. The van der Waals surface area contributed by atoms with Crippen LogP contribution in [0.3, 0.4) is 0 Å². The highest BCUT2D eigenvalue weighted by atomic mass is 16.5. The Morgan fingerprint density at radius 2 is 1.78 bits per heavy atom. The lowest BCUT2D eigenvalue weighted by atomic mass is 10.1. The molecule has 2 amide bonds. The molecular weight excluding hydrogens is 340 g/mol. The molecule has 3 aromatic carbocycles. The van der Waals surface area contributed by atoms with E-state index in [0.717, 1.165) is 10.9 Å². The van der Waals surface area contributed by atoms with E-state index in [-0.39, 0.29) is 25.0 Å². The first-order valence-corrected chi connectivity index (χ1v) is 8.85. The van der Waals surface area contributed by atoms with Gasteiger partial charge in [-0.1, -0.05) is 48.5 Å². The Labute approximate surface area is 157 Å². The minimum Gasteiger partial charge on any atom is -0.482 e. The molecular formula is C22H20N2O3. The number of anilines is 1. The monoisotopic (exact) mass is 360 g/mol. The second-order valence-electron chi connectivity index (χ2n) is 6.67. The van der Waals surface area contributed by atoms with Gasteiger partial charge in [0, 0.05) is 13.6 Å². The molecule has 0 radical (unpaired) electrons. The number of fused-ring (bicyclic) bond motifs is 2. The SMILES string of the molecule is CN(Cc1ccc2ccccc2c1)C(=O)CN1C(=O)COc2ccccc21. The van der Waals surface area contributed by atoms with Crippen molar-refractivity contribution in [2.45, 2.75) is 6.54 Å². The standard InChI is InChI=1S/C22H20N2O3/c1-23(13-16-10-11-17-6-2-3-7-18(17)12-16)21(25)14-24-19-8-4-5-9-20(19)27-15-22(24)26/h2-12H,13-15H2,1H3. The van der Waals surface area contributed by atoms with Crippen LogP contribution >= 0.6 is 0 Å². The molecule has 136 valence electrons. The van der Waals surface area contributed by atoms with Crippen LogP contribution < -0.4 is 9.64 Å². The molecule has 0 atom stereocenters. The molecule has 1 aliphatic heterocycles. The highest BCUT2D eigenvalue weighted by molar-refractivity contribution is 6.02. The molecule has 5 nitrogen and oxygen atoms in total. The van der Waals surface area contributed by atoms with Crippen molar-refractivity contribution in [1.29, 1.82) is 0 Å². The smallest absolute Gasteiger partial charge is 0.265 e. The molecule has 0 spiro atoms. The summed E-state index contributed by atoms with van der Waals surface area (Å²) < 4.78 is 5.43. The van der Waals surface area contributed by atoms with Crippen LogP contribution in [0.25, 0.3) is 10.8 Å². The van der Waals surface area contributed by atoms with E-state index in [4.69, 9.17) is 4.74 Å². The second-order valence-corrected chi connectivity index (χ2v) is 6.67. The van der Waals surface area contributed by atoms with Crippen LogP contribution in [0, 0.1) is 0 Å². The summed E-state index contributed by atoms with van der Waals surface area (Å²) in [6.45, 7) is 0.450. The van der Waals surface area contributed by atoms with Crippen molar-refractivity contribution in [1.82, 2.24) is 4.90 Å². The fraction of sp³-hybridized carbons (Fsp3) is 0.182. The van der Waals surface area contributed by atoms with Gasteiger partial charge in [-0.25, -0.2) is 0 Å². The van der Waals surface area contributed by atoms with Gasteiger partial charge in [0.15, 0.2) is 6.61 Å². The average molecular weight is 360 g/mol. The lowest BCUT2D eigenvalue weighted by molar-refractivity contribution is -0.131. The fourth-order valence-corrected chi connectivity index (χ4v) is 3.28. The van der Waals surface area contributed by atoms with E-state index in [1.165, 1.54) is 10.3 Å². The van der Waals surface area contributed by atoms with E-state index in [1.807, 2.05) is 30.3 Å². The number of hydrogen-bond acceptors (Lipinski definition) is 3. The molecule has 0 saturated heterocycles. The molecule has 0 N–H and O–H groups in total. The van der Waals surface area contributed by atoms with Crippen molar-refractivity contribution in [2.24, 2.45) is 0 Å². The predicted molar refractivity (Wildman–Crippen MR) is 105 cm³/mol. The highest BCUT2D eigenvalue weighted by Crippen LogP contribution is 2.31. The first-order chi connectivity index (χ1) is 13.1. The third kappa shape index (κ3) is 3.49. The summed E-state index contributed by atoms with van der Waals surface area (Å²) in [5.41, 5.74) is 1.69. The van der Waals surface area contributed by atoms with E-state index in [2.05, 4.69) is 24.3 Å². The normalized spacial score (nSPS) is 13.2. The summed E-state index contributed by atoms with van der Waals surface area (Å²) in [6.07, 6.45) is 0. The minimum atomic E-state index is -0.207. The second kappa shape index (κ2) is 7.11. The van der Waals surface area contributed by atoms with Gasteiger partial charge in [-0.3, -0.25) is 14.5 Å². The Kier molecular flexibility index (Phi) is 4.50. The topological polar surface area (TPSA) is 49.9 Å². The molecule has 0 bridgehead atoms. The van der Waals surface area contributed by atoms with Gasteiger partial charge in [-0.15, -0.1) is 0 Å². The minimum absolute atomic E-state index is 0.00326. The number of ether oxygens (including phenoxy) is 1. The summed E-state index contributed by atoms with van der Waals surface area (Å²) in [5.74, 6) is 0.302. The summed E-state index contributed by atoms with van der Waals surface area (Å²) >= 11 is 0. The summed E-state index contributed by atoms with van der Waals surface area (Å²) in [4.78, 5) is 28.1. The highest BCUT2D eigenvalue weighted by Gasteiger charge is 2.27. The Hall–Kier alpha value is -3.34. The molecule has 0 unspecified atom stereocenters. The van der Waals surface area contributed by atoms with Gasteiger partial charge in [0.25, 0.3) is 5.91 Å². The molecule has 5 heteroatoms. The average Bonchev–Trinajstić information content (AvgIpc) is 2.70. The number of amides is 2. The third-order valence-corrected chi connectivity index (χ3v) is 4.76. The van der Waals surface area contributed by atoms with Crippen molar-refractivity contribution >= 4 is 28.3 Å². The maximum absolute atomic E-state index is 12.7. The van der Waals surface area contributed by atoms with E-state index in [1.54, 1.807) is 24.1 Å². The van der Waals surface area contributed by atoms with Gasteiger partial charge in [0.1, 0.15) is 12.3 Å². The fourth-order valence-electron chi connectivity index (χ4n) is 3.28. The van der Waals surface area contributed by atoms with E-state index >= 15 is 0 Å². The molecule has 0 fully saturated rings. The van der Waals surface area contributed by atoms with Gasteiger partial charge < -0.3 is 9.64 Å². The summed E-state index contributed by atoms with van der Waals surface area (Å²) in [6, 6.07) is 21.6. The van der Waals surface area contributed by atoms with Gasteiger partial charge >= 0.3 is 0 Å². The van der Waals surface area contributed by atoms with Crippen molar-refractivity contribution in [3.05, 3.63) is 72.3 Å². The molecule has 4 rings (SSSR count). The van der Waals surface area contributed by atoms with Gasteiger partial charge in [-0.2, -0.15) is 0 Å². The number of likely N-dealkylation sites (N-methyl/N-ethyl adjacent to an activating group) is 1. The summed E-state index contributed by atoms with van der Waals surface area (Å²) in [7, 11) is 1.76. The quantitative estimate of drug-likeness (QED) is 0.718. The van der Waals surface area contributed by atoms with Crippen molar-refractivity contribution in [3.63, 3.8) is 0 Å². The summed E-state index contributed by atoms with van der Waals surface area (Å²) in [5, 5.41) is 2.32. The molecule has 27 heavy (non-hydrogen) atoms. The molecule has 3 aromatic rings. The van der Waals surface area contributed by atoms with E-state index in [9.17, 15) is 9.59 Å². The third-order valence-electron chi connectivity index (χ3n) is 4.76. The Morgan fingerprint density at radius 3 is 2.63 bits per heavy atom. The van der Waals surface area contributed by atoms with Gasteiger partial charge in [-0.05, 0) is 34.5 Å². The molecule has 1 heterocycles. The van der Waals surface area contributed by atoms with Crippen molar-refractivity contribution in [2.75, 3.05) is 25.1 Å². The lowest BCUT2D eigenvalue weighted by Gasteiger charge is -2.30. The Balaban J connectivity index is 1.48. The molecule has 0 aliphatic carbocycles. The number of nitrogens with zero attached hydrogens (tertiary/aromatic N) is 2. The number of carbonyl (C=O) groups excluding carboxylic acids is 2. The van der Waals surface area contributed by atoms with Crippen LogP contribution in [0.4, 0.5) is 5.69 Å². The van der Waals surface area contributed by atoms with Crippen LogP contribution in [-0.2, 0) is 16.1 Å². The maximum Gasteiger partial charge on any atom is 0.265 e. The Morgan fingerprint density at radius 1 is 1.04 bits per heavy atom. The largest absolute Gasteiger partial charge is 0.482 e. The van der Waals surface area contributed by atoms with Crippen LogP contribution in [0.5, 0.6) is 5.75 Å². The zero-order valence-corrected chi connectivity index (χ0v) is 15.1. The van der Waals surface area contributed by atoms with Crippen LogP contribution in [0.2, 0.25) is 0 Å². The van der Waals surface area contributed by atoms with Crippen LogP contribution in [0.15, 0.2) is 66.7 Å². The maximum atomic E-state index is 12.7. The van der Waals surface area contributed by atoms with Gasteiger partial charge in [0.2, 0.25) is 5.91 Å². The first-order valence-electron chi connectivity index (χ1n) is 8.85. The Bertz CT molecular complexity index is 1020. The zero-order chi connectivity index (χ0) is 18.8. The first kappa shape index (κ1) is 17.1. The zero-order valence-electron chi connectivity index (χ0n) is 15.1. The number of carbonyl (C=O) groups is 2. The van der Waals surface area contributed by atoms with Crippen molar-refractivity contribution < 1.29 is 14.3 Å². The van der Waals surface area contributed by atoms with Crippen LogP contribution in [0.1, 0.15) is 5.56 Å². The molecule has 0 saturated carbocycles. The number of para-hydroxylation sites is 2. The number of rotatable bonds is 4. The van der Waals surface area contributed by atoms with Crippen LogP contribution in [-0.4, -0.2) is 36.9 Å². The molecule has 1 aliphatic rings. The predicted octanol–water partition coefficient (Wildman–Crippen LogP) is 3.22. The lowest BCUT2D eigenvalue weighted by Crippen LogP contribution is -2.45. The van der Waals surface area contributed by atoms with E-state index < -0.39 is 0 Å². The number of hydrogen-bond donors (Lipinski definition) is 0. The number of benzene rings is 3.